The molecule has 6 nitrogen and oxygen atoms in total. The number of fused-ring (bicyclic) bond motifs is 1. The molecule has 3 N–H and O–H groups in total. The van der Waals surface area contributed by atoms with Crippen molar-refractivity contribution < 1.29 is 26.5 Å². The van der Waals surface area contributed by atoms with Gasteiger partial charge in [0.05, 0.1) is 61.7 Å². The molecule has 0 aliphatic carbocycles. The van der Waals surface area contributed by atoms with Gasteiger partial charge in [0.25, 0.3) is 0 Å². The molecule has 2 heterocycles. The second-order valence-corrected chi connectivity index (χ2v) is 12.7. The number of ether oxygens (including phenoxy) is 1. The van der Waals surface area contributed by atoms with Gasteiger partial charge in [0, 0.05) is 19.3 Å². The number of halogens is 4. The van der Waals surface area contributed by atoms with Crippen molar-refractivity contribution in [2.24, 2.45) is 0 Å². The van der Waals surface area contributed by atoms with Crippen LogP contribution < -0.4 is 15.4 Å². The highest BCUT2D eigenvalue weighted by atomic mass is 32.2. The Morgan fingerprint density at radius 1 is 1.26 bits per heavy atom. The van der Waals surface area contributed by atoms with Crippen LogP contribution in [0.3, 0.4) is 0 Å². The largest absolute Gasteiger partial charge is 0.495 e. The summed E-state index contributed by atoms with van der Waals surface area (Å²) in [7, 11) is 0.385. The van der Waals surface area contributed by atoms with Gasteiger partial charge < -0.3 is 20.3 Å². The zero-order valence-electron chi connectivity index (χ0n) is 21.7. The summed E-state index contributed by atoms with van der Waals surface area (Å²) in [6.07, 6.45) is -4.72. The summed E-state index contributed by atoms with van der Waals surface area (Å²) in [6, 6.07) is 9.37. The van der Waals surface area contributed by atoms with Crippen LogP contribution in [0.25, 0.3) is 10.1 Å². The number of hydrogen-bond donors (Lipinski definition) is 3. The molecule has 39 heavy (non-hydrogen) atoms. The molecule has 4 rings (SSSR count). The monoisotopic (exact) mass is 582 g/mol. The molecule has 1 aliphatic rings. The van der Waals surface area contributed by atoms with E-state index in [1.165, 1.54) is 30.8 Å². The fourth-order valence-electron chi connectivity index (χ4n) is 4.50. The average molecular weight is 583 g/mol. The molecule has 1 fully saturated rings. The third-order valence-corrected chi connectivity index (χ3v) is 8.82. The van der Waals surface area contributed by atoms with Gasteiger partial charge in [-0.05, 0) is 48.7 Å². The molecule has 2 aromatic carbocycles. The highest BCUT2D eigenvalue weighted by Crippen LogP contribution is 2.39. The molecule has 1 saturated heterocycles. The molecule has 12 heteroatoms. The Balaban J connectivity index is 1.61. The van der Waals surface area contributed by atoms with Gasteiger partial charge in [0.2, 0.25) is 0 Å². The smallest absolute Gasteiger partial charge is 0.393 e. The summed E-state index contributed by atoms with van der Waals surface area (Å²) >= 11 is 1.17. The van der Waals surface area contributed by atoms with Crippen LogP contribution in [0.1, 0.15) is 16.9 Å². The lowest BCUT2D eigenvalue weighted by molar-refractivity contribution is -0.126. The number of rotatable bonds is 7. The number of thiophene rings is 1. The van der Waals surface area contributed by atoms with Gasteiger partial charge in [0.1, 0.15) is 11.9 Å². The molecule has 1 aliphatic heterocycles. The van der Waals surface area contributed by atoms with Crippen molar-refractivity contribution in [2.75, 3.05) is 50.7 Å². The van der Waals surface area contributed by atoms with Gasteiger partial charge in [0.15, 0.2) is 0 Å². The third kappa shape index (κ3) is 7.15. The Kier molecular flexibility index (Phi) is 8.63. The van der Waals surface area contributed by atoms with Crippen molar-refractivity contribution in [1.82, 2.24) is 4.90 Å². The number of anilines is 2. The summed E-state index contributed by atoms with van der Waals surface area (Å²) in [5, 5.41) is 6.75. The van der Waals surface area contributed by atoms with Crippen LogP contribution in [0.15, 0.2) is 41.3 Å². The normalized spacial score (nSPS) is 19.7. The van der Waals surface area contributed by atoms with E-state index >= 15 is 0 Å². The first kappa shape index (κ1) is 29.0. The Morgan fingerprint density at radius 2 is 2.03 bits per heavy atom. The standard InChI is InChI=1S/C27H30F4N4O2S2/c1-35-13-11-21(20(28)16-35)34-23-7-4-6-18-19(15-27(29,30)31)25(38-26(18)23)8-5-12-33-22-10-9-17(39(3,32)36)14-24(22)37-2/h4,6-7,9-10,14,20-21,32-34H,11-13,15-16H2,1-3H3/t20-,21-,39-/m0/s1. The number of nitrogens with one attached hydrogen (secondary N) is 3. The first-order valence-corrected chi connectivity index (χ1v) is 15.0. The van der Waals surface area contributed by atoms with E-state index in [4.69, 9.17) is 9.52 Å². The summed E-state index contributed by atoms with van der Waals surface area (Å²) in [6.45, 7) is 1.15. The van der Waals surface area contributed by atoms with E-state index in [9.17, 15) is 21.8 Å². The molecule has 3 aromatic rings. The second kappa shape index (κ2) is 11.6. The minimum absolute atomic E-state index is 0.105. The lowest BCUT2D eigenvalue weighted by Crippen LogP contribution is -2.46. The van der Waals surface area contributed by atoms with Gasteiger partial charge in [-0.3, -0.25) is 0 Å². The first-order valence-electron chi connectivity index (χ1n) is 12.2. The number of alkyl halides is 4. The fraction of sp³-hybridized carbons (Fsp3) is 0.407. The van der Waals surface area contributed by atoms with Crippen LogP contribution in [0, 0.1) is 16.6 Å². The van der Waals surface area contributed by atoms with E-state index in [1.54, 1.807) is 30.3 Å². The number of piperidine rings is 1. The summed E-state index contributed by atoms with van der Waals surface area (Å²) < 4.78 is 80.9. The molecule has 0 saturated carbocycles. The van der Waals surface area contributed by atoms with Crippen molar-refractivity contribution in [3.63, 3.8) is 0 Å². The van der Waals surface area contributed by atoms with E-state index in [1.807, 2.05) is 11.9 Å². The Bertz CT molecular complexity index is 1510. The SMILES string of the molecule is COc1cc([S@@](C)(=N)=O)ccc1NCC#Cc1sc2c(N[C@H]3CCN(C)C[C@@H]3F)cccc2c1CC(F)(F)F. The summed E-state index contributed by atoms with van der Waals surface area (Å²) in [5.41, 5.74) is 1.27. The molecule has 0 radical (unpaired) electrons. The van der Waals surface area contributed by atoms with Crippen LogP contribution in [0.2, 0.25) is 0 Å². The quantitative estimate of drug-likeness (QED) is 0.237. The molecule has 0 unspecified atom stereocenters. The molecule has 3 atom stereocenters. The number of methoxy groups -OCH3 is 1. The fourth-order valence-corrected chi connectivity index (χ4v) is 6.33. The van der Waals surface area contributed by atoms with Crippen LogP contribution in [-0.4, -0.2) is 67.5 Å². The zero-order chi connectivity index (χ0) is 28.4. The van der Waals surface area contributed by atoms with Crippen molar-refractivity contribution in [3.05, 3.63) is 46.8 Å². The van der Waals surface area contributed by atoms with E-state index in [2.05, 4.69) is 22.5 Å². The minimum atomic E-state index is -4.42. The van der Waals surface area contributed by atoms with Gasteiger partial charge in [-0.25, -0.2) is 13.4 Å². The maximum absolute atomic E-state index is 14.7. The average Bonchev–Trinajstić information content (AvgIpc) is 3.19. The predicted octanol–water partition coefficient (Wildman–Crippen LogP) is 5.97. The lowest BCUT2D eigenvalue weighted by Gasteiger charge is -2.33. The molecular weight excluding hydrogens is 552 g/mol. The van der Waals surface area contributed by atoms with Gasteiger partial charge in [-0.2, -0.15) is 13.2 Å². The van der Waals surface area contributed by atoms with Crippen molar-refractivity contribution in [3.8, 4) is 17.6 Å². The highest BCUT2D eigenvalue weighted by molar-refractivity contribution is 7.91. The first-order chi connectivity index (χ1) is 18.4. The molecule has 0 amide bonds. The van der Waals surface area contributed by atoms with Crippen molar-refractivity contribution >= 4 is 42.5 Å². The van der Waals surface area contributed by atoms with E-state index < -0.39 is 34.5 Å². The third-order valence-electron chi connectivity index (χ3n) is 6.47. The van der Waals surface area contributed by atoms with Crippen LogP contribution in [-0.2, 0) is 16.1 Å². The van der Waals surface area contributed by atoms with E-state index in [0.29, 0.717) is 49.9 Å². The second-order valence-electron chi connectivity index (χ2n) is 9.56. The Labute approximate surface area is 229 Å². The van der Waals surface area contributed by atoms with Crippen LogP contribution in [0.4, 0.5) is 28.9 Å². The lowest BCUT2D eigenvalue weighted by atomic mass is 10.0. The maximum Gasteiger partial charge on any atom is 0.393 e. The van der Waals surface area contributed by atoms with E-state index in [-0.39, 0.29) is 12.1 Å². The Hall–Kier alpha value is -3.01. The summed E-state index contributed by atoms with van der Waals surface area (Å²) in [4.78, 5) is 2.54. The molecule has 0 bridgehead atoms. The minimum Gasteiger partial charge on any atom is -0.495 e. The number of nitrogens with zero attached hydrogens (tertiary/aromatic N) is 1. The van der Waals surface area contributed by atoms with Crippen LogP contribution >= 0.6 is 11.3 Å². The van der Waals surface area contributed by atoms with E-state index in [0.717, 1.165) is 6.54 Å². The molecule has 210 valence electrons. The number of hydrogen-bond acceptors (Lipinski definition) is 7. The zero-order valence-corrected chi connectivity index (χ0v) is 23.4. The Morgan fingerprint density at radius 3 is 2.69 bits per heavy atom. The van der Waals surface area contributed by atoms with Gasteiger partial charge in [-0.15, -0.1) is 11.3 Å². The summed E-state index contributed by atoms with van der Waals surface area (Å²) in [5.74, 6) is 6.17. The highest BCUT2D eigenvalue weighted by Gasteiger charge is 2.32. The molecule has 1 aromatic heterocycles. The topological polar surface area (TPSA) is 77.4 Å². The number of benzene rings is 2. The maximum atomic E-state index is 14.7. The van der Waals surface area contributed by atoms with Gasteiger partial charge in [-0.1, -0.05) is 24.0 Å². The molecule has 0 spiro atoms. The van der Waals surface area contributed by atoms with Crippen LogP contribution in [0.5, 0.6) is 5.75 Å². The predicted molar refractivity (Wildman–Crippen MR) is 149 cm³/mol. The number of likely N-dealkylation sites (tertiary alicyclic amines) is 1. The van der Waals surface area contributed by atoms with Crippen molar-refractivity contribution in [2.45, 2.75) is 36.1 Å². The van der Waals surface area contributed by atoms with Gasteiger partial charge >= 0.3 is 6.18 Å². The molecular formula is C27H30F4N4O2S2. The van der Waals surface area contributed by atoms with Crippen molar-refractivity contribution in [1.29, 1.82) is 4.78 Å².